The van der Waals surface area contributed by atoms with Crippen LogP contribution in [0.3, 0.4) is 0 Å². The summed E-state index contributed by atoms with van der Waals surface area (Å²) in [6.45, 7) is 7.50. The fourth-order valence-corrected chi connectivity index (χ4v) is 2.57. The topological polar surface area (TPSA) is 63.7 Å². The molecule has 1 aromatic heterocycles. The molecule has 0 aromatic carbocycles. The number of pyridine rings is 1. The Morgan fingerprint density at radius 1 is 1.50 bits per heavy atom. The van der Waals surface area contributed by atoms with Gasteiger partial charge in [0.2, 0.25) is 5.88 Å². The van der Waals surface area contributed by atoms with Crippen LogP contribution < -0.4 is 10.1 Å². The smallest absolute Gasteiger partial charge is 0.410 e. The van der Waals surface area contributed by atoms with E-state index in [9.17, 15) is 4.79 Å². The quantitative estimate of drug-likeness (QED) is 0.904. The maximum Gasteiger partial charge on any atom is 0.410 e. The predicted molar refractivity (Wildman–Crippen MR) is 84.3 cm³/mol. The number of amides is 1. The number of piperazine rings is 1. The molecule has 2 rings (SSSR count). The van der Waals surface area contributed by atoms with Crippen molar-refractivity contribution in [2.24, 2.45) is 0 Å². The van der Waals surface area contributed by atoms with Gasteiger partial charge in [-0.1, -0.05) is 11.6 Å². The van der Waals surface area contributed by atoms with Crippen LogP contribution in [0.15, 0.2) is 12.3 Å². The molecule has 7 heteroatoms. The van der Waals surface area contributed by atoms with Crippen molar-refractivity contribution < 1.29 is 14.3 Å². The Morgan fingerprint density at radius 2 is 2.23 bits per heavy atom. The van der Waals surface area contributed by atoms with Gasteiger partial charge in [0.05, 0.1) is 13.2 Å². The minimum Gasteiger partial charge on any atom is -0.480 e. The Kier molecular flexibility index (Phi) is 5.13. The molecule has 1 aliphatic heterocycles. The molecule has 0 saturated carbocycles. The molecular formula is C15H22ClN3O3. The van der Waals surface area contributed by atoms with Crippen LogP contribution in [0, 0.1) is 0 Å². The molecule has 0 spiro atoms. The van der Waals surface area contributed by atoms with Crippen LogP contribution in [0.1, 0.15) is 32.4 Å². The third kappa shape index (κ3) is 4.01. The maximum absolute atomic E-state index is 12.4. The van der Waals surface area contributed by atoms with Gasteiger partial charge in [-0.15, -0.1) is 0 Å². The van der Waals surface area contributed by atoms with Crippen LogP contribution in [0.5, 0.6) is 5.88 Å². The number of halogens is 1. The second kappa shape index (κ2) is 6.71. The molecular weight excluding hydrogens is 306 g/mol. The first-order valence-corrected chi connectivity index (χ1v) is 7.59. The normalized spacial score (nSPS) is 19.0. The SMILES string of the molecule is COc1ncc(C2CNCCN2C(=O)OC(C)(C)C)cc1Cl. The van der Waals surface area contributed by atoms with Gasteiger partial charge in [0.1, 0.15) is 10.6 Å². The number of hydrogen-bond acceptors (Lipinski definition) is 5. The Bertz CT molecular complexity index is 545. The summed E-state index contributed by atoms with van der Waals surface area (Å²) in [5, 5.41) is 3.70. The first-order valence-electron chi connectivity index (χ1n) is 7.21. The Balaban J connectivity index is 2.22. The summed E-state index contributed by atoms with van der Waals surface area (Å²) in [7, 11) is 1.52. The van der Waals surface area contributed by atoms with E-state index >= 15 is 0 Å². The Labute approximate surface area is 135 Å². The van der Waals surface area contributed by atoms with E-state index in [4.69, 9.17) is 21.1 Å². The summed E-state index contributed by atoms with van der Waals surface area (Å²) < 4.78 is 10.5. The third-order valence-corrected chi connectivity index (χ3v) is 3.55. The fraction of sp³-hybridized carbons (Fsp3) is 0.600. The van der Waals surface area contributed by atoms with Crippen molar-refractivity contribution in [2.75, 3.05) is 26.7 Å². The van der Waals surface area contributed by atoms with E-state index in [1.807, 2.05) is 20.8 Å². The molecule has 2 heterocycles. The Morgan fingerprint density at radius 3 is 2.82 bits per heavy atom. The van der Waals surface area contributed by atoms with Crippen molar-refractivity contribution >= 4 is 17.7 Å². The zero-order valence-electron chi connectivity index (χ0n) is 13.4. The van der Waals surface area contributed by atoms with Crippen LogP contribution in [0.2, 0.25) is 5.02 Å². The average molecular weight is 328 g/mol. The van der Waals surface area contributed by atoms with Gasteiger partial charge in [-0.3, -0.25) is 4.90 Å². The molecule has 0 radical (unpaired) electrons. The standard InChI is InChI=1S/C15H22ClN3O3/c1-15(2,3)22-14(20)19-6-5-17-9-12(19)10-7-11(16)13(21-4)18-8-10/h7-8,12,17H,5-6,9H2,1-4H3. The number of rotatable bonds is 2. The number of nitrogens with one attached hydrogen (secondary N) is 1. The number of carbonyl (C=O) groups is 1. The molecule has 22 heavy (non-hydrogen) atoms. The first-order chi connectivity index (χ1) is 10.3. The van der Waals surface area contributed by atoms with Crippen molar-refractivity contribution in [3.8, 4) is 5.88 Å². The third-order valence-electron chi connectivity index (χ3n) is 3.28. The largest absolute Gasteiger partial charge is 0.480 e. The monoisotopic (exact) mass is 327 g/mol. The molecule has 0 aliphatic carbocycles. The fourth-order valence-electron chi connectivity index (χ4n) is 2.31. The zero-order chi connectivity index (χ0) is 16.3. The van der Waals surface area contributed by atoms with Gasteiger partial charge < -0.3 is 14.8 Å². The number of nitrogens with zero attached hydrogens (tertiary/aromatic N) is 2. The van der Waals surface area contributed by atoms with Crippen molar-refractivity contribution in [3.05, 3.63) is 22.8 Å². The summed E-state index contributed by atoms with van der Waals surface area (Å²) in [5.74, 6) is 0.373. The lowest BCUT2D eigenvalue weighted by molar-refractivity contribution is 0.0117. The van der Waals surface area contributed by atoms with Gasteiger partial charge in [-0.2, -0.15) is 0 Å². The van der Waals surface area contributed by atoms with E-state index in [0.717, 1.165) is 12.1 Å². The number of hydrogen-bond donors (Lipinski definition) is 1. The second-order valence-corrected chi connectivity index (χ2v) is 6.56. The summed E-state index contributed by atoms with van der Waals surface area (Å²) >= 11 is 6.14. The lowest BCUT2D eigenvalue weighted by Gasteiger charge is -2.37. The van der Waals surface area contributed by atoms with Gasteiger partial charge in [0.25, 0.3) is 0 Å². The number of ether oxygens (including phenoxy) is 2. The molecule has 1 fully saturated rings. The molecule has 1 amide bonds. The number of methoxy groups -OCH3 is 1. The van der Waals surface area contributed by atoms with E-state index in [1.165, 1.54) is 7.11 Å². The van der Waals surface area contributed by atoms with Gasteiger partial charge in [0.15, 0.2) is 0 Å². The van der Waals surface area contributed by atoms with Gasteiger partial charge >= 0.3 is 6.09 Å². The average Bonchev–Trinajstić information content (AvgIpc) is 2.45. The minimum absolute atomic E-state index is 0.167. The summed E-state index contributed by atoms with van der Waals surface area (Å²) in [5.41, 5.74) is 0.325. The van der Waals surface area contributed by atoms with E-state index < -0.39 is 5.60 Å². The first kappa shape index (κ1) is 16.8. The van der Waals surface area contributed by atoms with Crippen LogP contribution in [0.25, 0.3) is 0 Å². The zero-order valence-corrected chi connectivity index (χ0v) is 14.1. The highest BCUT2D eigenvalue weighted by atomic mass is 35.5. The molecule has 1 aliphatic rings. The van der Waals surface area contributed by atoms with Crippen molar-refractivity contribution in [1.82, 2.24) is 15.2 Å². The van der Waals surface area contributed by atoms with Crippen molar-refractivity contribution in [2.45, 2.75) is 32.4 Å². The van der Waals surface area contributed by atoms with Gasteiger partial charge in [-0.05, 0) is 32.4 Å². The number of aromatic nitrogens is 1. The van der Waals surface area contributed by atoms with Crippen LogP contribution >= 0.6 is 11.6 Å². The lowest BCUT2D eigenvalue weighted by atomic mass is 10.1. The van der Waals surface area contributed by atoms with Crippen molar-refractivity contribution in [1.29, 1.82) is 0 Å². The lowest BCUT2D eigenvalue weighted by Crippen LogP contribution is -2.50. The molecule has 1 atom stereocenters. The minimum atomic E-state index is -0.525. The molecule has 1 saturated heterocycles. The highest BCUT2D eigenvalue weighted by Crippen LogP contribution is 2.29. The summed E-state index contributed by atoms with van der Waals surface area (Å²) in [4.78, 5) is 18.3. The summed E-state index contributed by atoms with van der Waals surface area (Å²) in [6.07, 6.45) is 1.35. The van der Waals surface area contributed by atoms with E-state index in [0.29, 0.717) is 24.0 Å². The molecule has 1 unspecified atom stereocenters. The Hall–Kier alpha value is -1.53. The second-order valence-electron chi connectivity index (χ2n) is 6.15. The predicted octanol–water partition coefficient (Wildman–Crippen LogP) is 2.63. The van der Waals surface area contributed by atoms with E-state index in [1.54, 1.807) is 17.2 Å². The van der Waals surface area contributed by atoms with Gasteiger partial charge in [-0.25, -0.2) is 9.78 Å². The summed E-state index contributed by atoms with van der Waals surface area (Å²) in [6, 6.07) is 1.61. The molecule has 1 N–H and O–H groups in total. The van der Waals surface area contributed by atoms with Crippen LogP contribution in [-0.4, -0.2) is 48.3 Å². The highest BCUT2D eigenvalue weighted by Gasteiger charge is 2.31. The van der Waals surface area contributed by atoms with E-state index in [2.05, 4.69) is 10.3 Å². The van der Waals surface area contributed by atoms with E-state index in [-0.39, 0.29) is 12.1 Å². The van der Waals surface area contributed by atoms with Gasteiger partial charge in [0, 0.05) is 25.8 Å². The molecule has 122 valence electrons. The molecule has 1 aromatic rings. The molecule has 0 bridgehead atoms. The van der Waals surface area contributed by atoms with Crippen LogP contribution in [0.4, 0.5) is 4.79 Å². The maximum atomic E-state index is 12.4. The number of carbonyl (C=O) groups excluding carboxylic acids is 1. The highest BCUT2D eigenvalue weighted by molar-refractivity contribution is 6.31. The van der Waals surface area contributed by atoms with Crippen LogP contribution in [-0.2, 0) is 4.74 Å². The van der Waals surface area contributed by atoms with Crippen molar-refractivity contribution in [3.63, 3.8) is 0 Å². The molecule has 6 nitrogen and oxygen atoms in total.